The first-order chi connectivity index (χ1) is 28.9. The number of methoxy groups -OCH3 is 1. The second kappa shape index (κ2) is 19.1. The normalized spacial score (nSPS) is 18.4. The number of benzene rings is 3. The van der Waals surface area contributed by atoms with E-state index in [2.05, 4.69) is 61.7 Å². The van der Waals surface area contributed by atoms with Gasteiger partial charge in [-0.05, 0) is 80.5 Å². The number of aliphatic hydroxyl groups excluding tert-OH is 1. The van der Waals surface area contributed by atoms with Gasteiger partial charge in [0.05, 0.1) is 74.7 Å². The summed E-state index contributed by atoms with van der Waals surface area (Å²) >= 11 is 1.80. The molecule has 2 atom stereocenters. The highest BCUT2D eigenvalue weighted by atomic mass is 32.2. The number of fused-ring (bicyclic) bond motifs is 4. The van der Waals surface area contributed by atoms with E-state index in [0.717, 1.165) is 46.6 Å². The third kappa shape index (κ3) is 10.1. The summed E-state index contributed by atoms with van der Waals surface area (Å²) in [7, 11) is 1.57. The van der Waals surface area contributed by atoms with Gasteiger partial charge in [0.15, 0.2) is 11.5 Å². The minimum atomic E-state index is -0.122. The Morgan fingerprint density at radius 1 is 0.883 bits per heavy atom. The second-order valence-electron chi connectivity index (χ2n) is 16.3. The summed E-state index contributed by atoms with van der Waals surface area (Å²) in [5.74, 6) is 1.47. The number of carbonyl (C=O) groups is 2. The number of hydrogen-bond acceptors (Lipinski definition) is 12. The molecule has 14 heteroatoms. The summed E-state index contributed by atoms with van der Waals surface area (Å²) < 4.78 is 30.0. The highest BCUT2D eigenvalue weighted by Crippen LogP contribution is 2.39. The van der Waals surface area contributed by atoms with E-state index in [1.165, 1.54) is 0 Å². The minimum Gasteiger partial charge on any atom is -0.493 e. The fourth-order valence-electron chi connectivity index (χ4n) is 8.04. The molecule has 0 saturated carbocycles. The number of aliphatic imine (C=N–C) groups is 1. The van der Waals surface area contributed by atoms with Gasteiger partial charge in [0.1, 0.15) is 19.0 Å². The van der Waals surface area contributed by atoms with Gasteiger partial charge in [-0.15, -0.1) is 0 Å². The van der Waals surface area contributed by atoms with E-state index < -0.39 is 0 Å². The van der Waals surface area contributed by atoms with Crippen LogP contribution in [0.4, 0.5) is 17.1 Å². The smallest absolute Gasteiger partial charge is 0.257 e. The molecule has 0 radical (unpaired) electrons. The Kier molecular flexibility index (Phi) is 13.7. The minimum absolute atomic E-state index is 0.00797. The lowest BCUT2D eigenvalue weighted by Crippen LogP contribution is -2.39. The van der Waals surface area contributed by atoms with Crippen molar-refractivity contribution in [2.45, 2.75) is 56.7 Å². The van der Waals surface area contributed by atoms with Crippen LogP contribution in [-0.4, -0.2) is 129 Å². The summed E-state index contributed by atoms with van der Waals surface area (Å²) in [5.41, 5.74) is 7.30. The Balaban J connectivity index is 1.14. The van der Waals surface area contributed by atoms with Gasteiger partial charge in [0, 0.05) is 61.5 Å². The van der Waals surface area contributed by atoms with Crippen LogP contribution >= 0.6 is 11.8 Å². The van der Waals surface area contributed by atoms with Crippen LogP contribution in [0.3, 0.4) is 0 Å². The largest absolute Gasteiger partial charge is 0.493 e. The average molecular weight is 840 g/mol. The van der Waals surface area contributed by atoms with Gasteiger partial charge in [-0.2, -0.15) is 11.8 Å². The van der Waals surface area contributed by atoms with Crippen molar-refractivity contribution in [3.63, 3.8) is 0 Å². The predicted molar refractivity (Wildman–Crippen MR) is 237 cm³/mol. The molecule has 2 amide bonds. The SMILES string of the molecule is C=C1C[C@H]2CNc3cc(OCc4cc(COc5cc6c(cc5OC)C(=O)N5CC(=C)C[C@H]5C=N6)cc(N(CCOCCOCCO)CC(C)(C)SC)c4)ccc3C(=O)N2C1. The highest BCUT2D eigenvalue weighted by molar-refractivity contribution is 7.99. The van der Waals surface area contributed by atoms with E-state index in [0.29, 0.717) is 86.5 Å². The first-order valence-electron chi connectivity index (χ1n) is 20.5. The van der Waals surface area contributed by atoms with Gasteiger partial charge in [0.2, 0.25) is 0 Å². The van der Waals surface area contributed by atoms with E-state index >= 15 is 0 Å². The number of aliphatic hydroxyl groups is 1. The summed E-state index contributed by atoms with van der Waals surface area (Å²) in [6.07, 6.45) is 5.44. The number of ether oxygens (including phenoxy) is 5. The molecule has 2 fully saturated rings. The molecule has 4 aliphatic rings. The van der Waals surface area contributed by atoms with Gasteiger partial charge in [-0.25, -0.2) is 0 Å². The van der Waals surface area contributed by atoms with Crippen LogP contribution in [0.15, 0.2) is 77.8 Å². The summed E-state index contributed by atoms with van der Waals surface area (Å²) in [5, 5.41) is 12.5. The van der Waals surface area contributed by atoms with Crippen LogP contribution < -0.4 is 24.4 Å². The fourth-order valence-corrected chi connectivity index (χ4v) is 8.32. The van der Waals surface area contributed by atoms with E-state index in [9.17, 15) is 9.59 Å². The highest BCUT2D eigenvalue weighted by Gasteiger charge is 2.36. The first-order valence-corrected chi connectivity index (χ1v) is 21.7. The lowest BCUT2D eigenvalue weighted by molar-refractivity contribution is 0.0351. The molecule has 3 aromatic rings. The molecule has 2 saturated heterocycles. The van der Waals surface area contributed by atoms with Crippen molar-refractivity contribution >= 4 is 46.9 Å². The van der Waals surface area contributed by atoms with E-state index in [1.54, 1.807) is 35.9 Å². The molecule has 0 bridgehead atoms. The molecule has 13 nitrogen and oxygen atoms in total. The van der Waals surface area contributed by atoms with Gasteiger partial charge >= 0.3 is 0 Å². The molecule has 0 spiro atoms. The maximum absolute atomic E-state index is 13.6. The number of thioether (sulfide) groups is 1. The van der Waals surface area contributed by atoms with Crippen molar-refractivity contribution in [1.29, 1.82) is 0 Å². The number of hydrogen-bond donors (Lipinski definition) is 2. The number of amides is 2. The molecule has 4 aliphatic heterocycles. The Hall–Kier alpha value is -5.02. The third-order valence-corrected chi connectivity index (χ3v) is 12.5. The Labute approximate surface area is 357 Å². The van der Waals surface area contributed by atoms with Gasteiger partial charge in [0.25, 0.3) is 11.8 Å². The second-order valence-corrected chi connectivity index (χ2v) is 17.8. The monoisotopic (exact) mass is 839 g/mol. The summed E-state index contributed by atoms with van der Waals surface area (Å²) in [6, 6.07) is 15.4. The third-order valence-electron chi connectivity index (χ3n) is 11.3. The van der Waals surface area contributed by atoms with Crippen LogP contribution in [0.25, 0.3) is 0 Å². The van der Waals surface area contributed by atoms with Crippen LogP contribution in [0.1, 0.15) is 58.5 Å². The molecule has 60 heavy (non-hydrogen) atoms. The van der Waals surface area contributed by atoms with Crippen molar-refractivity contribution in [3.05, 3.63) is 95.1 Å². The lowest BCUT2D eigenvalue weighted by atomic mass is 10.1. The molecule has 2 N–H and O–H groups in total. The van der Waals surface area contributed by atoms with Crippen LogP contribution in [0.5, 0.6) is 17.2 Å². The maximum Gasteiger partial charge on any atom is 0.257 e. The zero-order valence-corrected chi connectivity index (χ0v) is 36.0. The zero-order valence-electron chi connectivity index (χ0n) is 35.2. The van der Waals surface area contributed by atoms with Crippen molar-refractivity contribution in [3.8, 4) is 17.2 Å². The van der Waals surface area contributed by atoms with Crippen LogP contribution in [0, 0.1) is 0 Å². The predicted octanol–water partition coefficient (Wildman–Crippen LogP) is 6.51. The molecule has 320 valence electrons. The van der Waals surface area contributed by atoms with E-state index in [-0.39, 0.29) is 55.1 Å². The zero-order chi connectivity index (χ0) is 42.4. The molecule has 3 aromatic carbocycles. The number of carbonyl (C=O) groups excluding carboxylic acids is 2. The number of rotatable bonds is 19. The molecular formula is C46H57N5O8S. The van der Waals surface area contributed by atoms with Crippen LogP contribution in [0.2, 0.25) is 0 Å². The van der Waals surface area contributed by atoms with Crippen molar-refractivity contribution in [2.75, 3.05) is 89.3 Å². The molecule has 7 rings (SSSR count). The Morgan fingerprint density at radius 3 is 2.35 bits per heavy atom. The summed E-state index contributed by atoms with van der Waals surface area (Å²) in [6.45, 7) is 17.8. The van der Waals surface area contributed by atoms with Gasteiger partial charge < -0.3 is 48.8 Å². The number of anilines is 2. The number of nitrogens with one attached hydrogen (secondary N) is 1. The van der Waals surface area contributed by atoms with Crippen molar-refractivity contribution < 1.29 is 38.4 Å². The standard InChI is InChI=1S/C46H57N5O8S/c1-30-15-35-23-47-40-20-37(7-8-38(40)44(53)50(35)25-30)58-27-32-17-33(19-34(18-32)49(29-46(3,4)60-6)9-11-56-13-14-57-12-10-52)28-59-43-22-41-39(21-42(43)55-5)45(54)51-26-31(2)16-36(51)24-48-41/h7-8,17-22,24,35-36,47,52H,1-2,9-16,23,25-29H2,3-6H3/t35-,36-/m0/s1. The van der Waals surface area contributed by atoms with Gasteiger partial charge in [-0.1, -0.05) is 24.3 Å². The molecular weight excluding hydrogens is 783 g/mol. The van der Waals surface area contributed by atoms with E-state index in [1.807, 2.05) is 29.3 Å². The van der Waals surface area contributed by atoms with Gasteiger partial charge in [-0.3, -0.25) is 14.6 Å². The molecule has 0 aromatic heterocycles. The molecule has 0 unspecified atom stereocenters. The van der Waals surface area contributed by atoms with E-state index in [4.69, 9.17) is 33.8 Å². The lowest BCUT2D eigenvalue weighted by Gasteiger charge is -2.33. The van der Waals surface area contributed by atoms with Crippen molar-refractivity contribution in [2.24, 2.45) is 4.99 Å². The van der Waals surface area contributed by atoms with Crippen molar-refractivity contribution in [1.82, 2.24) is 9.80 Å². The number of nitrogens with zero attached hydrogens (tertiary/aromatic N) is 4. The quantitative estimate of drug-likeness (QED) is 0.101. The molecule has 4 heterocycles. The first kappa shape index (κ1) is 43.1. The molecule has 0 aliphatic carbocycles. The maximum atomic E-state index is 13.6. The Morgan fingerprint density at radius 2 is 1.60 bits per heavy atom. The average Bonchev–Trinajstić information content (AvgIpc) is 3.75. The topological polar surface area (TPSA) is 135 Å². The van der Waals surface area contributed by atoms with Crippen LogP contribution in [-0.2, 0) is 22.7 Å². The Bertz CT molecular complexity index is 2120. The summed E-state index contributed by atoms with van der Waals surface area (Å²) in [4.78, 5) is 37.8. The fraction of sp³-hybridized carbons (Fsp3) is 0.457.